The van der Waals surface area contributed by atoms with Gasteiger partial charge in [0.2, 0.25) is 5.88 Å². The van der Waals surface area contributed by atoms with Crippen LogP contribution in [0, 0.1) is 18.6 Å². The van der Waals surface area contributed by atoms with Crippen molar-refractivity contribution in [1.29, 1.82) is 0 Å². The summed E-state index contributed by atoms with van der Waals surface area (Å²) in [6.45, 7) is 5.14. The smallest absolute Gasteiger partial charge is 0.417 e. The van der Waals surface area contributed by atoms with E-state index in [0.29, 0.717) is 34.7 Å². The predicted molar refractivity (Wildman–Crippen MR) is 236 cm³/mol. The van der Waals surface area contributed by atoms with Crippen LogP contribution in [0.1, 0.15) is 71.9 Å². The van der Waals surface area contributed by atoms with Crippen molar-refractivity contribution in [1.82, 2.24) is 24.6 Å². The Labute approximate surface area is 387 Å². The monoisotopic (exact) mass is 953 g/mol. The number of rotatable bonds is 12. The van der Waals surface area contributed by atoms with Gasteiger partial charge in [0.15, 0.2) is 11.9 Å². The molecule has 2 amide bonds. The number of amides is 2. The summed E-state index contributed by atoms with van der Waals surface area (Å²) in [6, 6.07) is 12.6. The number of alkyl halides is 5. The Morgan fingerprint density at radius 1 is 0.941 bits per heavy atom. The molecule has 1 N–H and O–H groups in total. The second-order valence-corrected chi connectivity index (χ2v) is 18.0. The number of hydrogen-bond donors (Lipinski definition) is 1. The van der Waals surface area contributed by atoms with E-state index in [-0.39, 0.29) is 38.3 Å². The maximum absolute atomic E-state index is 17.8. The number of halogens is 7. The van der Waals surface area contributed by atoms with E-state index in [4.69, 9.17) is 18.9 Å². The molecule has 362 valence electrons. The van der Waals surface area contributed by atoms with Crippen LogP contribution in [-0.2, 0) is 37.6 Å². The predicted octanol–water partition coefficient (Wildman–Crippen LogP) is 9.54. The number of carbonyl (C=O) groups is 2. The van der Waals surface area contributed by atoms with Crippen molar-refractivity contribution in [2.24, 2.45) is 7.05 Å². The molecule has 2 saturated heterocycles. The molecule has 3 aliphatic heterocycles. The van der Waals surface area contributed by atoms with Gasteiger partial charge >= 0.3 is 12.3 Å². The fraction of sp³-hybridized carbons (Fsp3) is 0.417. The van der Waals surface area contributed by atoms with E-state index in [9.17, 15) is 9.59 Å². The summed E-state index contributed by atoms with van der Waals surface area (Å²) < 4.78 is 136. The van der Waals surface area contributed by atoms with Crippen LogP contribution < -0.4 is 24.4 Å². The third-order valence-corrected chi connectivity index (χ3v) is 12.4. The normalized spacial score (nSPS) is 19.0. The van der Waals surface area contributed by atoms with Gasteiger partial charge < -0.3 is 34.1 Å². The highest BCUT2D eigenvalue weighted by Crippen LogP contribution is 2.48. The first kappa shape index (κ1) is 47.8. The quantitative estimate of drug-likeness (QED) is 0.121. The van der Waals surface area contributed by atoms with E-state index >= 15 is 30.7 Å². The maximum atomic E-state index is 17.8. The van der Waals surface area contributed by atoms with Gasteiger partial charge in [0.25, 0.3) is 12.3 Å². The van der Waals surface area contributed by atoms with E-state index in [2.05, 4.69) is 15.4 Å². The highest BCUT2D eigenvalue weighted by atomic mass is 19.4. The lowest BCUT2D eigenvalue weighted by atomic mass is 9.94. The van der Waals surface area contributed by atoms with E-state index in [1.807, 2.05) is 0 Å². The molecule has 3 aliphatic rings. The molecule has 5 heterocycles. The van der Waals surface area contributed by atoms with Crippen molar-refractivity contribution >= 4 is 23.4 Å². The van der Waals surface area contributed by atoms with Crippen LogP contribution in [0.15, 0.2) is 66.9 Å². The Bertz CT molecular complexity index is 2640. The number of benzene rings is 3. The second-order valence-electron chi connectivity index (χ2n) is 18.0. The van der Waals surface area contributed by atoms with Crippen molar-refractivity contribution in [2.45, 2.75) is 103 Å². The van der Waals surface area contributed by atoms with Crippen molar-refractivity contribution in [3.8, 4) is 28.6 Å². The number of hydrogen-bond acceptors (Lipinski definition) is 10. The number of fused-ring (bicyclic) bond motifs is 5. The standard InChI is InChI=1S/C48H50F7N7O6/c1-25-36(48(53,54)55)32(20-34(37(25)49)60(22-26-8-13-30(65-6)14-9-26)23-27-10-15-31(66-7)16-11-27)39-38(50)40(56-21-28-18-19-59(5)58-28)35-44(57-39)67-42(43(51)52)41-33-17-12-29(24-61(41)45(35)63)62(33)46(64)68-47(2,3)4/h8-11,13-16,18-20,29,33,41-43H,12,17,21-24H2,1-7H3,(H,56,57)/t29-,33+,41+,42-/m1/s1. The van der Waals surface area contributed by atoms with Gasteiger partial charge in [-0.25, -0.2) is 27.3 Å². The molecule has 13 nitrogen and oxygen atoms in total. The molecule has 5 aromatic rings. The number of anilines is 2. The van der Waals surface area contributed by atoms with Gasteiger partial charge in [-0.05, 0) is 93.6 Å². The number of piperazine rings is 1. The van der Waals surface area contributed by atoms with Gasteiger partial charge in [0, 0.05) is 38.4 Å². The zero-order chi connectivity index (χ0) is 49.0. The van der Waals surface area contributed by atoms with Crippen molar-refractivity contribution in [2.75, 3.05) is 31.0 Å². The number of aromatic nitrogens is 3. The molecule has 20 heteroatoms. The first-order valence-electron chi connectivity index (χ1n) is 21.8. The van der Waals surface area contributed by atoms with Gasteiger partial charge in [-0.2, -0.15) is 18.3 Å². The van der Waals surface area contributed by atoms with Gasteiger partial charge in [-0.15, -0.1) is 0 Å². The fourth-order valence-electron chi connectivity index (χ4n) is 9.33. The third-order valence-electron chi connectivity index (χ3n) is 12.4. The summed E-state index contributed by atoms with van der Waals surface area (Å²) >= 11 is 0. The number of aryl methyl sites for hydroxylation is 1. The first-order valence-corrected chi connectivity index (χ1v) is 21.8. The molecule has 8 rings (SSSR count). The fourth-order valence-corrected chi connectivity index (χ4v) is 9.33. The number of nitrogens with zero attached hydrogens (tertiary/aromatic N) is 6. The van der Waals surface area contributed by atoms with Crippen LogP contribution in [0.2, 0.25) is 0 Å². The Balaban J connectivity index is 1.32. The molecule has 0 radical (unpaired) electrons. The number of methoxy groups -OCH3 is 2. The van der Waals surface area contributed by atoms with Crippen LogP contribution in [0.4, 0.5) is 46.9 Å². The molecule has 0 spiro atoms. The first-order chi connectivity index (χ1) is 32.2. The van der Waals surface area contributed by atoms with Gasteiger partial charge in [-0.3, -0.25) is 14.4 Å². The lowest BCUT2D eigenvalue weighted by molar-refractivity contribution is -0.137. The van der Waals surface area contributed by atoms with Crippen molar-refractivity contribution in [3.05, 3.63) is 112 Å². The number of nitrogens with one attached hydrogen (secondary N) is 1. The summed E-state index contributed by atoms with van der Waals surface area (Å²) in [5.41, 5.74) is -5.69. The molecular weight excluding hydrogens is 904 g/mol. The molecule has 2 aromatic heterocycles. The lowest BCUT2D eigenvalue weighted by Crippen LogP contribution is -2.67. The molecule has 0 saturated carbocycles. The van der Waals surface area contributed by atoms with Crippen molar-refractivity contribution < 1.29 is 59.3 Å². The van der Waals surface area contributed by atoms with Crippen molar-refractivity contribution in [3.63, 3.8) is 0 Å². The minimum atomic E-state index is -5.33. The molecule has 4 atom stereocenters. The number of pyridine rings is 1. The van der Waals surface area contributed by atoms with Crippen LogP contribution in [0.3, 0.4) is 0 Å². The Morgan fingerprint density at radius 2 is 1.56 bits per heavy atom. The summed E-state index contributed by atoms with van der Waals surface area (Å²) in [6.07, 6.45) is -9.59. The average Bonchev–Trinajstić information content (AvgIpc) is 3.81. The molecule has 0 unspecified atom stereocenters. The molecular formula is C48H50F7N7O6. The Hall–Kier alpha value is -6.73. The zero-order valence-corrected chi connectivity index (χ0v) is 38.3. The largest absolute Gasteiger partial charge is 0.497 e. The van der Waals surface area contributed by atoms with Crippen LogP contribution in [-0.4, -0.2) is 93.6 Å². The van der Waals surface area contributed by atoms with E-state index in [1.165, 1.54) is 28.7 Å². The van der Waals surface area contributed by atoms with E-state index in [0.717, 1.165) is 17.9 Å². The van der Waals surface area contributed by atoms with Gasteiger partial charge in [0.05, 0.1) is 61.5 Å². The lowest BCUT2D eigenvalue weighted by Gasteiger charge is -2.47. The summed E-state index contributed by atoms with van der Waals surface area (Å²) in [4.78, 5) is 36.6. The molecule has 3 aromatic carbocycles. The summed E-state index contributed by atoms with van der Waals surface area (Å²) in [7, 11) is 4.57. The number of ether oxygens (including phenoxy) is 4. The molecule has 68 heavy (non-hydrogen) atoms. The van der Waals surface area contributed by atoms with Crippen LogP contribution >= 0.6 is 0 Å². The Morgan fingerprint density at radius 3 is 2.09 bits per heavy atom. The zero-order valence-electron chi connectivity index (χ0n) is 38.3. The number of carbonyl (C=O) groups excluding carboxylic acids is 2. The van der Waals surface area contributed by atoms with E-state index in [1.54, 1.807) is 88.6 Å². The van der Waals surface area contributed by atoms with Crippen LogP contribution in [0.5, 0.6) is 17.4 Å². The summed E-state index contributed by atoms with van der Waals surface area (Å²) in [5, 5.41) is 7.08. The highest BCUT2D eigenvalue weighted by molar-refractivity contribution is 6.03. The molecule has 0 aliphatic carbocycles. The molecule has 2 bridgehead atoms. The Kier molecular flexibility index (Phi) is 12.9. The third kappa shape index (κ3) is 9.28. The van der Waals surface area contributed by atoms with Crippen LogP contribution in [0.25, 0.3) is 11.3 Å². The maximum Gasteiger partial charge on any atom is 0.417 e. The SMILES string of the molecule is COc1ccc(CN(Cc2ccc(OC)cc2)c2cc(-c3nc4c(c(NCc5ccn(C)n5)c3F)C(=O)N3C[C@H]5CC[C@@H]([C@H]3[C@H](C(F)F)O4)N5C(=O)OC(C)(C)C)c(C(F)(F)F)c(C)c2F)cc1. The molecule has 2 fully saturated rings. The minimum Gasteiger partial charge on any atom is -0.497 e. The second kappa shape index (κ2) is 18.4. The summed E-state index contributed by atoms with van der Waals surface area (Å²) in [5.74, 6) is -3.60. The van der Waals surface area contributed by atoms with E-state index < -0.39 is 106 Å². The minimum absolute atomic E-state index is 0.0679. The topological polar surface area (TPSA) is 124 Å². The van der Waals surface area contributed by atoms with Gasteiger partial charge in [0.1, 0.15) is 34.2 Å². The highest BCUT2D eigenvalue weighted by Gasteiger charge is 2.58. The van der Waals surface area contributed by atoms with Gasteiger partial charge in [-0.1, -0.05) is 24.3 Å². The average molecular weight is 954 g/mol.